The molecule has 0 bridgehead atoms. The van der Waals surface area contributed by atoms with Crippen molar-refractivity contribution in [3.63, 3.8) is 0 Å². The Balaban J connectivity index is 2.55. The average Bonchev–Trinajstić information content (AvgIpc) is 2.14. The van der Waals surface area contributed by atoms with Crippen LogP contribution in [0.3, 0.4) is 0 Å². The molecule has 1 heterocycles. The fourth-order valence-electron chi connectivity index (χ4n) is 0.957. The highest BCUT2D eigenvalue weighted by Gasteiger charge is 2.12. The lowest BCUT2D eigenvalue weighted by molar-refractivity contribution is 0.548. The fourth-order valence-corrected chi connectivity index (χ4v) is 0.957. The van der Waals surface area contributed by atoms with E-state index in [1.54, 1.807) is 0 Å². The lowest BCUT2D eigenvalue weighted by Gasteiger charge is -2.08. The van der Waals surface area contributed by atoms with Gasteiger partial charge in [0.25, 0.3) is 0 Å². The molecular weight excluding hydrogens is 102 g/mol. The first-order valence-electron chi connectivity index (χ1n) is 2.82. The summed E-state index contributed by atoms with van der Waals surface area (Å²) in [6, 6.07) is 0. The second kappa shape index (κ2) is 2.03. The Labute approximate surface area is 49.2 Å². The van der Waals surface area contributed by atoms with Gasteiger partial charge in [0, 0.05) is 20.0 Å². The normalized spacial score (nSPS) is 25.1. The maximum absolute atomic E-state index is 5.07. The Bertz CT molecular complexity index is 108. The van der Waals surface area contributed by atoms with Crippen LogP contribution in [-0.4, -0.2) is 24.3 Å². The second-order valence-corrected chi connectivity index (χ2v) is 2.07. The highest BCUT2D eigenvalue weighted by Crippen LogP contribution is 2.06. The Hall–Kier alpha value is -0.730. The molecule has 0 atom stereocenters. The van der Waals surface area contributed by atoms with Gasteiger partial charge in [-0.25, -0.2) is 0 Å². The van der Waals surface area contributed by atoms with Gasteiger partial charge in [-0.15, -0.1) is 0 Å². The van der Waals surface area contributed by atoms with Crippen molar-refractivity contribution >= 4 is 5.84 Å². The summed E-state index contributed by atoms with van der Waals surface area (Å²) in [5.41, 5.74) is 0. The quantitative estimate of drug-likeness (QED) is 0.354. The number of nitrogens with zero attached hydrogens (tertiary/aromatic N) is 2. The van der Waals surface area contributed by atoms with Crippen LogP contribution in [0.4, 0.5) is 0 Å². The van der Waals surface area contributed by atoms with Gasteiger partial charge in [-0.1, -0.05) is 0 Å². The summed E-state index contributed by atoms with van der Waals surface area (Å²) in [6.45, 7) is 1.11. The molecular formula is C5H11N3. The highest BCUT2D eigenvalue weighted by atomic mass is 15.3. The third-order valence-corrected chi connectivity index (χ3v) is 1.48. The third kappa shape index (κ3) is 0.757. The second-order valence-electron chi connectivity index (χ2n) is 2.07. The first kappa shape index (κ1) is 5.41. The number of hydrazone groups is 1. The number of nitrogens with two attached hydrogens (primary N) is 1. The average molecular weight is 113 g/mol. The molecule has 1 saturated heterocycles. The molecule has 2 N–H and O–H groups in total. The predicted molar refractivity (Wildman–Crippen MR) is 33.5 cm³/mol. The first-order chi connectivity index (χ1) is 3.84. The molecule has 0 saturated carbocycles. The van der Waals surface area contributed by atoms with Crippen molar-refractivity contribution in [3.8, 4) is 0 Å². The molecule has 1 aliphatic heterocycles. The smallest absolute Gasteiger partial charge is 0.124 e. The van der Waals surface area contributed by atoms with Crippen LogP contribution in [0, 0.1) is 0 Å². The Morgan fingerprint density at radius 1 is 1.75 bits per heavy atom. The summed E-state index contributed by atoms with van der Waals surface area (Å²) in [5, 5.41) is 3.61. The van der Waals surface area contributed by atoms with Crippen LogP contribution in [-0.2, 0) is 0 Å². The van der Waals surface area contributed by atoms with E-state index in [1.807, 2.05) is 7.05 Å². The van der Waals surface area contributed by atoms with E-state index in [1.165, 1.54) is 6.42 Å². The zero-order valence-electron chi connectivity index (χ0n) is 5.09. The molecule has 0 amide bonds. The van der Waals surface area contributed by atoms with Gasteiger partial charge in [0.15, 0.2) is 0 Å². The van der Waals surface area contributed by atoms with E-state index in [2.05, 4.69) is 10.0 Å². The van der Waals surface area contributed by atoms with Gasteiger partial charge < -0.3 is 10.7 Å². The Morgan fingerprint density at radius 3 is 2.75 bits per heavy atom. The van der Waals surface area contributed by atoms with Crippen molar-refractivity contribution in [2.24, 2.45) is 10.9 Å². The summed E-state index contributed by atoms with van der Waals surface area (Å²) in [7, 11) is 2.01. The summed E-state index contributed by atoms with van der Waals surface area (Å²) < 4.78 is 0. The standard InChI is InChI=1S/C5H11N3/c1-8-4-2-3-5(8)7-6/h2-4,6H2,1H3. The summed E-state index contributed by atoms with van der Waals surface area (Å²) in [5.74, 6) is 6.10. The van der Waals surface area contributed by atoms with Crippen LogP contribution in [0.15, 0.2) is 5.10 Å². The van der Waals surface area contributed by atoms with E-state index in [-0.39, 0.29) is 0 Å². The minimum absolute atomic E-state index is 1.03. The molecule has 3 nitrogen and oxygen atoms in total. The van der Waals surface area contributed by atoms with Crippen LogP contribution in [0.5, 0.6) is 0 Å². The molecule has 1 fully saturated rings. The maximum Gasteiger partial charge on any atom is 0.124 e. The van der Waals surface area contributed by atoms with Crippen LogP contribution in [0.25, 0.3) is 0 Å². The minimum Gasteiger partial charge on any atom is -0.362 e. The lowest BCUT2D eigenvalue weighted by Crippen LogP contribution is -2.20. The molecule has 0 unspecified atom stereocenters. The van der Waals surface area contributed by atoms with Crippen LogP contribution >= 0.6 is 0 Å². The van der Waals surface area contributed by atoms with E-state index in [9.17, 15) is 0 Å². The zero-order valence-corrected chi connectivity index (χ0v) is 5.09. The molecule has 1 aliphatic rings. The Kier molecular flexibility index (Phi) is 1.37. The molecule has 0 spiro atoms. The Morgan fingerprint density at radius 2 is 2.50 bits per heavy atom. The van der Waals surface area contributed by atoms with Crippen LogP contribution < -0.4 is 5.84 Å². The van der Waals surface area contributed by atoms with Crippen molar-refractivity contribution < 1.29 is 0 Å². The summed E-state index contributed by atoms with van der Waals surface area (Å²) in [6.07, 6.45) is 2.25. The van der Waals surface area contributed by atoms with E-state index < -0.39 is 0 Å². The van der Waals surface area contributed by atoms with Gasteiger partial charge in [0.1, 0.15) is 5.84 Å². The van der Waals surface area contributed by atoms with Crippen LogP contribution in [0.1, 0.15) is 12.8 Å². The van der Waals surface area contributed by atoms with Gasteiger partial charge in [0.2, 0.25) is 0 Å². The van der Waals surface area contributed by atoms with Gasteiger partial charge in [-0.2, -0.15) is 5.10 Å². The van der Waals surface area contributed by atoms with E-state index in [0.717, 1.165) is 18.8 Å². The fraction of sp³-hybridized carbons (Fsp3) is 0.800. The largest absolute Gasteiger partial charge is 0.362 e. The summed E-state index contributed by atoms with van der Waals surface area (Å²) >= 11 is 0. The van der Waals surface area contributed by atoms with E-state index >= 15 is 0 Å². The SMILES string of the molecule is CN1CCCC1=NN. The van der Waals surface area contributed by atoms with E-state index in [0.29, 0.717) is 0 Å². The minimum atomic E-state index is 1.03. The van der Waals surface area contributed by atoms with Gasteiger partial charge in [0.05, 0.1) is 0 Å². The van der Waals surface area contributed by atoms with Crippen molar-refractivity contribution in [2.75, 3.05) is 13.6 Å². The third-order valence-electron chi connectivity index (χ3n) is 1.48. The van der Waals surface area contributed by atoms with Gasteiger partial charge in [-0.05, 0) is 6.42 Å². The molecule has 3 heteroatoms. The molecule has 1 rings (SSSR count). The van der Waals surface area contributed by atoms with Crippen molar-refractivity contribution in [1.29, 1.82) is 0 Å². The first-order valence-corrected chi connectivity index (χ1v) is 2.82. The van der Waals surface area contributed by atoms with Gasteiger partial charge >= 0.3 is 0 Å². The molecule has 0 radical (unpaired) electrons. The zero-order chi connectivity index (χ0) is 5.98. The number of rotatable bonds is 0. The van der Waals surface area contributed by atoms with Crippen molar-refractivity contribution in [2.45, 2.75) is 12.8 Å². The molecule has 0 aliphatic carbocycles. The number of hydrogen-bond acceptors (Lipinski definition) is 2. The van der Waals surface area contributed by atoms with Crippen molar-refractivity contribution in [3.05, 3.63) is 0 Å². The van der Waals surface area contributed by atoms with Crippen molar-refractivity contribution in [1.82, 2.24) is 4.90 Å². The van der Waals surface area contributed by atoms with E-state index in [4.69, 9.17) is 5.84 Å². The predicted octanol–water partition coefficient (Wildman–Crippen LogP) is -0.0158. The lowest BCUT2D eigenvalue weighted by atomic mass is 10.4. The molecule has 0 aromatic heterocycles. The maximum atomic E-state index is 5.07. The molecule has 0 aromatic rings. The molecule has 8 heavy (non-hydrogen) atoms. The number of likely N-dealkylation sites (tertiary alicyclic amines) is 1. The molecule has 46 valence electrons. The monoisotopic (exact) mass is 113 g/mol. The number of hydrogen-bond donors (Lipinski definition) is 1. The van der Waals surface area contributed by atoms with Crippen LogP contribution in [0.2, 0.25) is 0 Å². The van der Waals surface area contributed by atoms with Gasteiger partial charge in [-0.3, -0.25) is 0 Å². The highest BCUT2D eigenvalue weighted by molar-refractivity contribution is 5.83. The summed E-state index contributed by atoms with van der Waals surface area (Å²) in [4.78, 5) is 2.08. The number of amidine groups is 1. The molecule has 0 aromatic carbocycles. The topological polar surface area (TPSA) is 41.6 Å².